The van der Waals surface area contributed by atoms with Crippen LogP contribution >= 0.6 is 0 Å². The first-order chi connectivity index (χ1) is 40.4. The molecule has 0 unspecified atom stereocenters. The van der Waals surface area contributed by atoms with Crippen LogP contribution in [-0.4, -0.2) is 167 Å². The first-order valence-electron chi connectivity index (χ1n) is 28.4. The number of nitrogens with one attached hydrogen (secondary N) is 9. The maximum atomic E-state index is 14.5. The van der Waals surface area contributed by atoms with Crippen LogP contribution in [0.3, 0.4) is 0 Å². The molecule has 85 heavy (non-hydrogen) atoms. The van der Waals surface area contributed by atoms with Gasteiger partial charge in [0.25, 0.3) is 0 Å². The maximum absolute atomic E-state index is 14.5. The van der Waals surface area contributed by atoms with Gasteiger partial charge in [-0.05, 0) is 101 Å². The molecule has 0 bridgehead atoms. The van der Waals surface area contributed by atoms with E-state index < -0.39 is 108 Å². The Morgan fingerprint density at radius 3 is 2.01 bits per heavy atom. The largest absolute Gasteiger partial charge is 0.508 e. The van der Waals surface area contributed by atoms with Crippen molar-refractivity contribution >= 4 is 70.2 Å². The van der Waals surface area contributed by atoms with E-state index in [1.807, 2.05) is 56.3 Å². The number of aromatic hydroxyl groups is 1. The van der Waals surface area contributed by atoms with Crippen LogP contribution in [0.15, 0.2) is 90.1 Å². The van der Waals surface area contributed by atoms with E-state index >= 15 is 0 Å². The van der Waals surface area contributed by atoms with Crippen molar-refractivity contribution in [3.63, 3.8) is 0 Å². The average molecular weight is 1180 g/mol. The number of phenolic OH excluding ortho intramolecular Hbond substituents is 1. The number of likely N-dealkylation sites (tertiary alicyclic amines) is 1. The van der Waals surface area contributed by atoms with Crippen LogP contribution < -0.4 is 54.0 Å². The standard InChI is InChI=1S/C59H83N13O13/c1-7-62-55(81)48-20-14-26-72(48)56(82)42(19-13-25-63-57(60)61)67-51(77)43(27-35(2)3)66-49(75)31-65-50(76)44(28-36-21-23-39(74)24-22-36)68-53(79)46(32-73)70-52(78)45(29-38-30-64-41-18-12-11-17-40(38)41)69-54(80)47(71-58(83)85-59(4,5)6)34-84-33-37-15-9-8-10-16-37/h8-12,15-18,21-24,30,35,42-48,64,73-74H,7,13-14,19-20,25-29,31-34H2,1-6H3,(H,62,81)(H,65,76)(H,66,75)(H,67,77)(H,68,79)(H,69,80)(H,70,78)(H,71,83)(H4,60,61,63)/t42-,43-,44-,45-,46-,47-,48-/m0/s1. The Morgan fingerprint density at radius 1 is 0.729 bits per heavy atom. The molecule has 1 aliphatic rings. The van der Waals surface area contributed by atoms with Gasteiger partial charge >= 0.3 is 6.09 Å². The zero-order valence-electron chi connectivity index (χ0n) is 49.0. The average Bonchev–Trinajstić information content (AvgIpc) is 4.30. The van der Waals surface area contributed by atoms with E-state index in [0.29, 0.717) is 30.5 Å². The van der Waals surface area contributed by atoms with Gasteiger partial charge in [0.1, 0.15) is 53.6 Å². The lowest BCUT2D eigenvalue weighted by molar-refractivity contribution is -0.142. The molecule has 5 rings (SSSR count). The van der Waals surface area contributed by atoms with Crippen LogP contribution in [0.25, 0.3) is 10.9 Å². The number of alkyl carbamates (subject to hydrolysis) is 1. The SMILES string of the molecule is CCNC(=O)[C@@H]1CCCN1C(=O)[C@H](CCCN=C(N)N)NC(=O)[C@H](CC(C)C)NC(=O)CNC(=O)[C@H](Cc1ccc(O)cc1)NC(=O)[C@H](CO)NC(=O)[C@H](Cc1c[nH]c2ccccc12)NC(=O)[C@H](COCc1ccccc1)NC(=O)OC(C)(C)C. The molecule has 26 nitrogen and oxygen atoms in total. The normalized spacial score (nSPS) is 15.2. The van der Waals surface area contributed by atoms with Gasteiger partial charge in [0.15, 0.2) is 5.96 Å². The van der Waals surface area contributed by atoms with Gasteiger partial charge in [-0.15, -0.1) is 0 Å². The molecule has 15 N–H and O–H groups in total. The molecule has 9 amide bonds. The fraction of sp³-hybridized carbons (Fsp3) is 0.492. The molecule has 1 aliphatic heterocycles. The Morgan fingerprint density at radius 2 is 1.35 bits per heavy atom. The molecule has 1 fully saturated rings. The molecule has 1 saturated heterocycles. The maximum Gasteiger partial charge on any atom is 0.408 e. The third-order valence-corrected chi connectivity index (χ3v) is 13.5. The highest BCUT2D eigenvalue weighted by Crippen LogP contribution is 2.22. The highest BCUT2D eigenvalue weighted by Gasteiger charge is 2.39. The monoisotopic (exact) mass is 1180 g/mol. The number of aliphatic hydroxyl groups excluding tert-OH is 1. The Labute approximate surface area is 494 Å². The van der Waals surface area contributed by atoms with Crippen molar-refractivity contribution in [2.45, 2.75) is 141 Å². The van der Waals surface area contributed by atoms with Crippen LogP contribution in [0.1, 0.15) is 90.3 Å². The van der Waals surface area contributed by atoms with Gasteiger partial charge in [-0.2, -0.15) is 0 Å². The van der Waals surface area contributed by atoms with Gasteiger partial charge in [0, 0.05) is 49.6 Å². The molecule has 0 saturated carbocycles. The first-order valence-corrected chi connectivity index (χ1v) is 28.4. The van der Waals surface area contributed by atoms with E-state index in [9.17, 15) is 53.4 Å². The summed E-state index contributed by atoms with van der Waals surface area (Å²) in [5.41, 5.74) is 12.6. The number of aromatic nitrogens is 1. The minimum Gasteiger partial charge on any atom is -0.508 e. The number of amides is 9. The van der Waals surface area contributed by atoms with Gasteiger partial charge in [0.05, 0.1) is 26.4 Å². The molecule has 2 heterocycles. The topological polar surface area (TPSA) is 392 Å². The second-order valence-corrected chi connectivity index (χ2v) is 22.1. The van der Waals surface area contributed by atoms with Crippen LogP contribution in [-0.2, 0) is 67.3 Å². The molecule has 0 aliphatic carbocycles. The van der Waals surface area contributed by atoms with Crippen LogP contribution in [0, 0.1) is 5.92 Å². The van der Waals surface area contributed by atoms with Crippen molar-refractivity contribution < 1.29 is 62.8 Å². The number of aliphatic imine (C=N–C) groups is 1. The highest BCUT2D eigenvalue weighted by atomic mass is 16.6. The first kappa shape index (κ1) is 67.0. The molecule has 0 radical (unpaired) electrons. The zero-order valence-corrected chi connectivity index (χ0v) is 49.0. The molecule has 26 heteroatoms. The van der Waals surface area contributed by atoms with E-state index in [0.717, 1.165) is 16.5 Å². The number of carbonyl (C=O) groups is 9. The molecule has 0 spiro atoms. The number of guanidine groups is 1. The predicted molar refractivity (Wildman–Crippen MR) is 316 cm³/mol. The van der Waals surface area contributed by atoms with Crippen molar-refractivity contribution in [1.29, 1.82) is 0 Å². The summed E-state index contributed by atoms with van der Waals surface area (Å²) in [4.78, 5) is 133. The van der Waals surface area contributed by atoms with Crippen molar-refractivity contribution in [1.82, 2.24) is 52.4 Å². The van der Waals surface area contributed by atoms with Gasteiger partial charge < -0.3 is 83.6 Å². The predicted octanol–water partition coefficient (Wildman–Crippen LogP) is 0.528. The highest BCUT2D eigenvalue weighted by molar-refractivity contribution is 5.98. The van der Waals surface area contributed by atoms with Gasteiger partial charge in [-0.3, -0.25) is 43.3 Å². The molecule has 462 valence electrons. The Bertz CT molecular complexity index is 2930. The van der Waals surface area contributed by atoms with Crippen molar-refractivity contribution in [2.24, 2.45) is 22.4 Å². The Hall–Kier alpha value is -8.78. The molecule has 1 aromatic heterocycles. The summed E-state index contributed by atoms with van der Waals surface area (Å²) >= 11 is 0. The van der Waals surface area contributed by atoms with E-state index in [-0.39, 0.29) is 81.9 Å². The van der Waals surface area contributed by atoms with Crippen LogP contribution in [0.2, 0.25) is 0 Å². The lowest BCUT2D eigenvalue weighted by atomic mass is 10.0. The summed E-state index contributed by atoms with van der Waals surface area (Å²) in [6.45, 7) is 9.15. The third-order valence-electron chi connectivity index (χ3n) is 13.5. The van der Waals surface area contributed by atoms with E-state index in [2.05, 4.69) is 52.5 Å². The summed E-state index contributed by atoms with van der Waals surface area (Å²) in [5.74, 6) is -6.46. The third kappa shape index (κ3) is 22.1. The number of ether oxygens (including phenoxy) is 2. The van der Waals surface area contributed by atoms with E-state index in [4.69, 9.17) is 20.9 Å². The summed E-state index contributed by atoms with van der Waals surface area (Å²) in [6, 6.07) is 12.8. The number of fused-ring (bicyclic) bond motifs is 1. The molecule has 4 aromatic rings. The molecule has 7 atom stereocenters. The minimum atomic E-state index is -1.74. The molecular weight excluding hydrogens is 1100 g/mol. The smallest absolute Gasteiger partial charge is 0.408 e. The Balaban J connectivity index is 1.32. The lowest BCUT2D eigenvalue weighted by Crippen LogP contribution is -2.60. The number of carbonyl (C=O) groups excluding carboxylic acids is 9. The summed E-state index contributed by atoms with van der Waals surface area (Å²) in [5, 5.41) is 42.3. The number of benzene rings is 3. The number of aliphatic hydroxyl groups is 1. The summed E-state index contributed by atoms with van der Waals surface area (Å²) in [7, 11) is 0. The number of hydrogen-bond acceptors (Lipinski definition) is 14. The fourth-order valence-electron chi connectivity index (χ4n) is 9.39. The number of nitrogens with two attached hydrogens (primary N) is 2. The number of hydrogen-bond donors (Lipinski definition) is 13. The Kier molecular flexibility index (Phi) is 25.9. The second kappa shape index (κ2) is 32.9. The van der Waals surface area contributed by atoms with Crippen molar-refractivity contribution in [3.8, 4) is 5.75 Å². The van der Waals surface area contributed by atoms with E-state index in [1.54, 1.807) is 46.0 Å². The number of aromatic amines is 1. The number of rotatable bonds is 31. The van der Waals surface area contributed by atoms with E-state index in [1.165, 1.54) is 29.2 Å². The quantitative estimate of drug-likeness (QED) is 0.0186. The minimum absolute atomic E-state index is 0.0721. The van der Waals surface area contributed by atoms with Crippen molar-refractivity contribution in [2.75, 3.05) is 39.4 Å². The number of likely N-dealkylation sites (N-methyl/N-ethyl adjacent to an activating group) is 1. The summed E-state index contributed by atoms with van der Waals surface area (Å²) < 4.78 is 11.3. The van der Waals surface area contributed by atoms with Gasteiger partial charge in [-0.1, -0.05) is 74.5 Å². The summed E-state index contributed by atoms with van der Waals surface area (Å²) in [6.07, 6.45) is 1.82. The number of phenols is 1. The number of para-hydroxylation sites is 1. The van der Waals surface area contributed by atoms with Gasteiger partial charge in [-0.25, -0.2) is 4.79 Å². The number of H-pyrrole nitrogens is 1. The van der Waals surface area contributed by atoms with Crippen LogP contribution in [0.5, 0.6) is 5.75 Å². The number of nitrogens with zero attached hydrogens (tertiary/aromatic N) is 2. The molecular formula is C59H83N13O13. The molecule has 3 aromatic carbocycles. The lowest BCUT2D eigenvalue weighted by Gasteiger charge is -2.30. The zero-order chi connectivity index (χ0) is 62.2. The fourth-order valence-corrected chi connectivity index (χ4v) is 9.39. The van der Waals surface area contributed by atoms with Crippen LogP contribution in [0.4, 0.5) is 4.79 Å². The second-order valence-electron chi connectivity index (χ2n) is 22.1. The van der Waals surface area contributed by atoms with Crippen molar-refractivity contribution in [3.05, 3.63) is 102 Å². The van der Waals surface area contributed by atoms with Gasteiger partial charge in [0.2, 0.25) is 47.3 Å².